The average Bonchev–Trinajstić information content (AvgIpc) is 2.54. The fourth-order valence-electron chi connectivity index (χ4n) is 2.22. The molecule has 2 rings (SSSR count). The van der Waals surface area contributed by atoms with Gasteiger partial charge in [0.2, 0.25) is 5.91 Å². The molecule has 0 aliphatic heterocycles. The van der Waals surface area contributed by atoms with E-state index in [1.165, 1.54) is 18.2 Å². The van der Waals surface area contributed by atoms with E-state index in [4.69, 9.17) is 0 Å². The van der Waals surface area contributed by atoms with Crippen molar-refractivity contribution >= 4 is 17.7 Å². The molecule has 0 radical (unpaired) electrons. The molecule has 0 aromatic heterocycles. The molecule has 0 bridgehead atoms. The molecule has 0 unspecified atom stereocenters. The maximum atomic E-state index is 12.1. The van der Waals surface area contributed by atoms with Crippen molar-refractivity contribution in [1.29, 1.82) is 0 Å². The zero-order valence-corrected chi connectivity index (χ0v) is 13.5. The molecule has 5 heteroatoms. The molecule has 0 heterocycles. The summed E-state index contributed by atoms with van der Waals surface area (Å²) in [6.45, 7) is 1.27. The maximum Gasteiger partial charge on any atom is 0.387 e. The van der Waals surface area contributed by atoms with Crippen molar-refractivity contribution in [3.05, 3.63) is 65.7 Å². The van der Waals surface area contributed by atoms with Gasteiger partial charge in [0.25, 0.3) is 0 Å². The van der Waals surface area contributed by atoms with Gasteiger partial charge in [-0.15, -0.1) is 0 Å². The first-order chi connectivity index (χ1) is 11.5. The molecule has 126 valence electrons. The van der Waals surface area contributed by atoms with Gasteiger partial charge >= 0.3 is 6.61 Å². The minimum Gasteiger partial charge on any atom is -0.435 e. The van der Waals surface area contributed by atoms with E-state index in [1.807, 2.05) is 24.3 Å². The summed E-state index contributed by atoms with van der Waals surface area (Å²) in [5, 5.41) is 2.85. The quantitative estimate of drug-likeness (QED) is 0.751. The third-order valence-electron chi connectivity index (χ3n) is 3.37. The first-order valence-electron chi connectivity index (χ1n) is 7.58. The Hall–Kier alpha value is -2.69. The Labute approximate surface area is 140 Å². The van der Waals surface area contributed by atoms with Crippen LogP contribution in [0, 0.1) is 0 Å². The largest absolute Gasteiger partial charge is 0.435 e. The monoisotopic (exact) mass is 331 g/mol. The zero-order chi connectivity index (χ0) is 17.5. The van der Waals surface area contributed by atoms with E-state index in [0.29, 0.717) is 11.5 Å². The van der Waals surface area contributed by atoms with Crippen LogP contribution >= 0.6 is 0 Å². The molecular formula is C19H19F2NO2. The number of anilines is 1. The number of alkyl halides is 2. The number of rotatable bonds is 6. The van der Waals surface area contributed by atoms with Crippen LogP contribution in [0.25, 0.3) is 6.08 Å². The number of benzene rings is 2. The van der Waals surface area contributed by atoms with Crippen molar-refractivity contribution in [2.75, 3.05) is 5.32 Å². The van der Waals surface area contributed by atoms with Crippen LogP contribution < -0.4 is 10.1 Å². The Morgan fingerprint density at radius 1 is 1.08 bits per heavy atom. The Morgan fingerprint density at radius 3 is 2.38 bits per heavy atom. The lowest BCUT2D eigenvalue weighted by atomic mass is 10.0. The second kappa shape index (κ2) is 8.24. The van der Waals surface area contributed by atoms with Crippen LogP contribution in [-0.4, -0.2) is 12.5 Å². The molecule has 1 amide bonds. The molecule has 24 heavy (non-hydrogen) atoms. The molecule has 0 fully saturated rings. The number of hydrogen-bond donors (Lipinski definition) is 1. The van der Waals surface area contributed by atoms with Crippen LogP contribution in [0.1, 0.15) is 30.9 Å². The highest BCUT2D eigenvalue weighted by atomic mass is 19.3. The van der Waals surface area contributed by atoms with Crippen LogP contribution in [0.15, 0.2) is 54.6 Å². The molecule has 0 spiro atoms. The zero-order valence-electron chi connectivity index (χ0n) is 13.5. The molecule has 0 aliphatic rings. The minimum absolute atomic E-state index is 0.0810. The molecule has 2 aromatic rings. The van der Waals surface area contributed by atoms with Crippen molar-refractivity contribution in [1.82, 2.24) is 0 Å². The average molecular weight is 331 g/mol. The molecule has 2 aromatic carbocycles. The van der Waals surface area contributed by atoms with Crippen LogP contribution in [0.5, 0.6) is 5.75 Å². The predicted octanol–water partition coefficient (Wildman–Crippen LogP) is 5.06. The summed E-state index contributed by atoms with van der Waals surface area (Å²) >= 11 is 0. The van der Waals surface area contributed by atoms with Crippen LogP contribution in [0.4, 0.5) is 14.5 Å². The van der Waals surface area contributed by atoms with E-state index in [0.717, 1.165) is 11.3 Å². The highest BCUT2D eigenvalue weighted by Crippen LogP contribution is 2.23. The molecular weight excluding hydrogens is 312 g/mol. The van der Waals surface area contributed by atoms with Crippen LogP contribution in [-0.2, 0) is 4.79 Å². The van der Waals surface area contributed by atoms with Crippen molar-refractivity contribution in [2.45, 2.75) is 26.4 Å². The fraction of sp³-hybridized carbons (Fsp3) is 0.211. The summed E-state index contributed by atoms with van der Waals surface area (Å²) < 4.78 is 28.4. The molecule has 1 N–H and O–H groups in total. The van der Waals surface area contributed by atoms with Gasteiger partial charge < -0.3 is 10.1 Å². The lowest BCUT2D eigenvalue weighted by molar-refractivity contribution is -0.111. The lowest BCUT2D eigenvalue weighted by Crippen LogP contribution is -2.10. The number of ether oxygens (including phenoxy) is 1. The molecule has 0 saturated carbocycles. The normalized spacial score (nSPS) is 11.2. The third kappa shape index (κ3) is 5.19. The van der Waals surface area contributed by atoms with Gasteiger partial charge in [-0.25, -0.2) is 0 Å². The number of para-hydroxylation sites is 1. The van der Waals surface area contributed by atoms with Gasteiger partial charge in [0, 0.05) is 11.8 Å². The van der Waals surface area contributed by atoms with Crippen molar-refractivity contribution in [2.24, 2.45) is 0 Å². The first-order valence-corrected chi connectivity index (χ1v) is 7.58. The summed E-state index contributed by atoms with van der Waals surface area (Å²) in [5.74, 6) is 0.126. The topological polar surface area (TPSA) is 38.3 Å². The van der Waals surface area contributed by atoms with Gasteiger partial charge in [-0.3, -0.25) is 4.79 Å². The SMILES string of the molecule is CC(C)c1ccccc1NC(=O)C=Cc1ccc(OC(F)F)cc1. The predicted molar refractivity (Wildman–Crippen MR) is 91.3 cm³/mol. The summed E-state index contributed by atoms with van der Waals surface area (Å²) in [7, 11) is 0. The molecule has 0 atom stereocenters. The van der Waals surface area contributed by atoms with E-state index >= 15 is 0 Å². The van der Waals surface area contributed by atoms with Gasteiger partial charge in [-0.05, 0) is 41.3 Å². The van der Waals surface area contributed by atoms with E-state index in [1.54, 1.807) is 18.2 Å². The minimum atomic E-state index is -2.85. The highest BCUT2D eigenvalue weighted by Gasteiger charge is 2.07. The van der Waals surface area contributed by atoms with Crippen LogP contribution in [0.3, 0.4) is 0 Å². The summed E-state index contributed by atoms with van der Waals surface area (Å²) in [6, 6.07) is 13.7. The van der Waals surface area contributed by atoms with E-state index in [9.17, 15) is 13.6 Å². The maximum absolute atomic E-state index is 12.1. The van der Waals surface area contributed by atoms with Gasteiger partial charge in [0.15, 0.2) is 0 Å². The van der Waals surface area contributed by atoms with E-state index < -0.39 is 6.61 Å². The Balaban J connectivity index is 2.01. The first kappa shape index (κ1) is 17.7. The van der Waals surface area contributed by atoms with Gasteiger partial charge in [-0.2, -0.15) is 8.78 Å². The number of carbonyl (C=O) groups excluding carboxylic acids is 1. The summed E-state index contributed by atoms with van der Waals surface area (Å²) in [5.41, 5.74) is 2.56. The van der Waals surface area contributed by atoms with E-state index in [-0.39, 0.29) is 11.7 Å². The number of nitrogens with one attached hydrogen (secondary N) is 1. The standard InChI is InChI=1S/C19H19F2NO2/c1-13(2)16-5-3-4-6-17(16)22-18(23)12-9-14-7-10-15(11-8-14)24-19(20)21/h3-13,19H,1-2H3,(H,22,23). The number of amides is 1. The molecule has 0 aliphatic carbocycles. The fourth-order valence-corrected chi connectivity index (χ4v) is 2.22. The Kier molecular flexibility index (Phi) is 6.07. The van der Waals surface area contributed by atoms with Gasteiger partial charge in [0.1, 0.15) is 5.75 Å². The molecule has 0 saturated heterocycles. The van der Waals surface area contributed by atoms with Crippen LogP contribution in [0.2, 0.25) is 0 Å². The summed E-state index contributed by atoms with van der Waals surface area (Å²) in [6.07, 6.45) is 3.01. The number of hydrogen-bond acceptors (Lipinski definition) is 2. The Bertz CT molecular complexity index is 710. The van der Waals surface area contributed by atoms with Crippen molar-refractivity contribution in [3.8, 4) is 5.75 Å². The van der Waals surface area contributed by atoms with E-state index in [2.05, 4.69) is 23.9 Å². The smallest absolute Gasteiger partial charge is 0.387 e. The Morgan fingerprint density at radius 2 is 1.75 bits per heavy atom. The highest BCUT2D eigenvalue weighted by molar-refractivity contribution is 6.02. The third-order valence-corrected chi connectivity index (χ3v) is 3.37. The summed E-state index contributed by atoms with van der Waals surface area (Å²) in [4.78, 5) is 12.1. The van der Waals surface area contributed by atoms with Gasteiger partial charge in [0.05, 0.1) is 0 Å². The second-order valence-corrected chi connectivity index (χ2v) is 5.51. The lowest BCUT2D eigenvalue weighted by Gasteiger charge is -2.12. The van der Waals surface area contributed by atoms with Gasteiger partial charge in [-0.1, -0.05) is 44.2 Å². The number of halogens is 2. The molecule has 3 nitrogen and oxygen atoms in total. The van der Waals surface area contributed by atoms with Crippen molar-refractivity contribution in [3.63, 3.8) is 0 Å². The second-order valence-electron chi connectivity index (χ2n) is 5.51. The van der Waals surface area contributed by atoms with Crippen molar-refractivity contribution < 1.29 is 18.3 Å². The number of carbonyl (C=O) groups is 1.